The van der Waals surface area contributed by atoms with Crippen LogP contribution in [0.2, 0.25) is 0 Å². The van der Waals surface area contributed by atoms with Crippen molar-refractivity contribution in [3.63, 3.8) is 0 Å². The number of aromatic nitrogens is 2. The molecule has 2 rings (SSSR count). The van der Waals surface area contributed by atoms with E-state index in [9.17, 15) is 14.9 Å². The molecule has 0 aromatic carbocycles. The van der Waals surface area contributed by atoms with Crippen LogP contribution in [0.25, 0.3) is 0 Å². The maximum atomic E-state index is 11.6. The lowest BCUT2D eigenvalue weighted by molar-refractivity contribution is -0.389. The summed E-state index contributed by atoms with van der Waals surface area (Å²) in [5, 5.41) is 13.4. The van der Waals surface area contributed by atoms with Crippen molar-refractivity contribution in [3.8, 4) is 0 Å². The van der Waals surface area contributed by atoms with Crippen molar-refractivity contribution in [2.24, 2.45) is 0 Å². The van der Waals surface area contributed by atoms with Crippen LogP contribution < -0.4 is 5.32 Å². The molecule has 0 aliphatic rings. The second kappa shape index (κ2) is 4.63. The molecular weight excluding hydrogens is 312 g/mol. The molecular formula is C8H5BrN4O3S. The summed E-state index contributed by atoms with van der Waals surface area (Å²) >= 11 is 4.46. The Balaban J connectivity index is 2.11. The third-order valence-corrected chi connectivity index (χ3v) is 3.20. The molecule has 1 amide bonds. The third-order valence-electron chi connectivity index (χ3n) is 1.81. The molecule has 2 N–H and O–H groups in total. The Morgan fingerprint density at radius 1 is 1.59 bits per heavy atom. The fraction of sp³-hybridized carbons (Fsp3) is 0. The Morgan fingerprint density at radius 2 is 2.35 bits per heavy atom. The molecule has 2 heterocycles. The summed E-state index contributed by atoms with van der Waals surface area (Å²) in [5.41, 5.74) is 0.114. The molecule has 2 aromatic rings. The van der Waals surface area contributed by atoms with E-state index in [0.717, 1.165) is 3.79 Å². The Bertz CT molecular complexity index is 579. The largest absolute Gasteiger partial charge is 0.358 e. The summed E-state index contributed by atoms with van der Waals surface area (Å²) in [4.78, 5) is 27.8. The molecule has 9 heteroatoms. The highest BCUT2D eigenvalue weighted by Crippen LogP contribution is 2.23. The average Bonchev–Trinajstić information content (AvgIpc) is 2.86. The SMILES string of the molecule is O=C(Nc1ncc(Br)s1)c1ccc([N+](=O)[O-])[nH]1. The Hall–Kier alpha value is -1.74. The number of aromatic amines is 1. The lowest BCUT2D eigenvalue weighted by atomic mass is 10.4. The first kappa shape index (κ1) is 11.7. The van der Waals surface area contributed by atoms with Crippen LogP contribution in [0, 0.1) is 10.1 Å². The van der Waals surface area contributed by atoms with E-state index in [1.54, 1.807) is 6.20 Å². The van der Waals surface area contributed by atoms with Gasteiger partial charge in [0.1, 0.15) is 0 Å². The van der Waals surface area contributed by atoms with E-state index in [-0.39, 0.29) is 11.5 Å². The van der Waals surface area contributed by atoms with Crippen LogP contribution in [0.4, 0.5) is 10.9 Å². The quantitative estimate of drug-likeness (QED) is 0.670. The van der Waals surface area contributed by atoms with Gasteiger partial charge in [-0.15, -0.1) is 0 Å². The van der Waals surface area contributed by atoms with Crippen LogP contribution in [0.15, 0.2) is 22.1 Å². The molecule has 0 saturated heterocycles. The lowest BCUT2D eigenvalue weighted by Gasteiger charge is -1.95. The zero-order valence-corrected chi connectivity index (χ0v) is 10.5. The molecule has 0 spiro atoms. The number of halogens is 1. The Kier molecular flexibility index (Phi) is 3.20. The number of carbonyl (C=O) groups excluding carboxylic acids is 1. The highest BCUT2D eigenvalue weighted by molar-refractivity contribution is 9.11. The molecule has 0 unspecified atom stereocenters. The topological polar surface area (TPSA) is 101 Å². The van der Waals surface area contributed by atoms with E-state index in [4.69, 9.17) is 0 Å². The average molecular weight is 317 g/mol. The van der Waals surface area contributed by atoms with Crippen LogP contribution >= 0.6 is 27.3 Å². The first-order chi connectivity index (χ1) is 8.06. The van der Waals surface area contributed by atoms with E-state index >= 15 is 0 Å². The summed E-state index contributed by atoms with van der Waals surface area (Å²) < 4.78 is 0.783. The highest BCUT2D eigenvalue weighted by Gasteiger charge is 2.16. The van der Waals surface area contributed by atoms with Crippen LogP contribution in [0.3, 0.4) is 0 Å². The van der Waals surface area contributed by atoms with Gasteiger partial charge in [-0.25, -0.2) is 9.97 Å². The molecule has 88 valence electrons. The van der Waals surface area contributed by atoms with Crippen molar-refractivity contribution in [2.75, 3.05) is 5.32 Å². The standard InChI is InChI=1S/C8H5BrN4O3S/c9-5-3-10-8(17-5)12-7(14)4-1-2-6(11-4)13(15)16/h1-3,11H,(H,10,12,14). The lowest BCUT2D eigenvalue weighted by Crippen LogP contribution is -2.12. The zero-order chi connectivity index (χ0) is 12.4. The number of rotatable bonds is 3. The van der Waals surface area contributed by atoms with E-state index in [0.29, 0.717) is 5.13 Å². The number of nitrogens with zero attached hydrogens (tertiary/aromatic N) is 2. The summed E-state index contributed by atoms with van der Waals surface area (Å²) in [5.74, 6) is -0.699. The molecule has 0 radical (unpaired) electrons. The first-order valence-corrected chi connectivity index (χ1v) is 5.93. The molecule has 0 aliphatic heterocycles. The van der Waals surface area contributed by atoms with Crippen LogP contribution in [0.5, 0.6) is 0 Å². The fourth-order valence-corrected chi connectivity index (χ4v) is 2.20. The van der Waals surface area contributed by atoms with Crippen LogP contribution in [-0.4, -0.2) is 20.8 Å². The van der Waals surface area contributed by atoms with Crippen LogP contribution in [0.1, 0.15) is 10.5 Å². The van der Waals surface area contributed by atoms with Crippen molar-refractivity contribution in [1.82, 2.24) is 9.97 Å². The summed E-state index contributed by atoms with van der Waals surface area (Å²) in [6.45, 7) is 0. The van der Waals surface area contributed by atoms with Crippen molar-refractivity contribution >= 4 is 44.1 Å². The van der Waals surface area contributed by atoms with Gasteiger partial charge in [-0.1, -0.05) is 11.3 Å². The molecule has 17 heavy (non-hydrogen) atoms. The molecule has 0 atom stereocenters. The van der Waals surface area contributed by atoms with Gasteiger partial charge >= 0.3 is 5.82 Å². The van der Waals surface area contributed by atoms with Gasteiger partial charge in [0.25, 0.3) is 5.91 Å². The maximum absolute atomic E-state index is 11.6. The number of hydrogen-bond donors (Lipinski definition) is 2. The fourth-order valence-electron chi connectivity index (χ4n) is 1.10. The minimum atomic E-state index is -0.600. The normalized spacial score (nSPS) is 10.2. The van der Waals surface area contributed by atoms with E-state index in [2.05, 4.69) is 31.2 Å². The van der Waals surface area contributed by atoms with Gasteiger partial charge in [0, 0.05) is 6.07 Å². The number of nitrogens with one attached hydrogen (secondary N) is 2. The minimum absolute atomic E-state index is 0.114. The number of carbonyl (C=O) groups is 1. The van der Waals surface area contributed by atoms with Crippen LogP contribution in [-0.2, 0) is 0 Å². The van der Waals surface area contributed by atoms with Gasteiger partial charge in [-0.3, -0.25) is 10.1 Å². The third kappa shape index (κ3) is 2.68. The summed E-state index contributed by atoms with van der Waals surface area (Å²) in [6, 6.07) is 2.57. The van der Waals surface area contributed by atoms with Gasteiger partial charge in [0.15, 0.2) is 10.8 Å². The smallest absolute Gasteiger partial charge is 0.321 e. The number of hydrogen-bond acceptors (Lipinski definition) is 5. The summed E-state index contributed by atoms with van der Waals surface area (Å²) in [7, 11) is 0. The Labute approximate surface area is 107 Å². The van der Waals surface area contributed by atoms with Crippen molar-refractivity contribution in [3.05, 3.63) is 37.9 Å². The van der Waals surface area contributed by atoms with Gasteiger partial charge in [0.05, 0.1) is 9.98 Å². The molecule has 2 aromatic heterocycles. The van der Waals surface area contributed by atoms with Crippen molar-refractivity contribution in [1.29, 1.82) is 0 Å². The van der Waals surface area contributed by atoms with E-state index in [1.807, 2.05) is 0 Å². The van der Waals surface area contributed by atoms with Gasteiger partial charge in [-0.2, -0.15) is 0 Å². The highest BCUT2D eigenvalue weighted by atomic mass is 79.9. The van der Waals surface area contributed by atoms with Crippen molar-refractivity contribution < 1.29 is 9.72 Å². The van der Waals surface area contributed by atoms with Crippen molar-refractivity contribution in [2.45, 2.75) is 0 Å². The predicted octanol–water partition coefficient (Wildman–Crippen LogP) is 2.39. The first-order valence-electron chi connectivity index (χ1n) is 4.32. The maximum Gasteiger partial charge on any atom is 0.321 e. The number of anilines is 1. The van der Waals surface area contributed by atoms with E-state index in [1.165, 1.54) is 23.5 Å². The molecule has 0 fully saturated rings. The Morgan fingerprint density at radius 3 is 2.88 bits per heavy atom. The monoisotopic (exact) mass is 316 g/mol. The number of thiazole rings is 1. The molecule has 7 nitrogen and oxygen atoms in total. The second-order valence-corrected chi connectivity index (χ2v) is 5.35. The molecule has 0 bridgehead atoms. The van der Waals surface area contributed by atoms with E-state index < -0.39 is 10.8 Å². The number of H-pyrrole nitrogens is 1. The number of nitro groups is 1. The van der Waals surface area contributed by atoms with Gasteiger partial charge in [0.2, 0.25) is 0 Å². The van der Waals surface area contributed by atoms with Gasteiger partial charge < -0.3 is 10.1 Å². The predicted molar refractivity (Wildman–Crippen MR) is 65.2 cm³/mol. The number of amides is 1. The summed E-state index contributed by atoms with van der Waals surface area (Å²) in [6.07, 6.45) is 1.55. The minimum Gasteiger partial charge on any atom is -0.358 e. The zero-order valence-electron chi connectivity index (χ0n) is 8.14. The van der Waals surface area contributed by atoms with Gasteiger partial charge in [-0.05, 0) is 26.9 Å². The second-order valence-electron chi connectivity index (χ2n) is 2.94. The molecule has 0 aliphatic carbocycles. The molecule has 0 saturated carbocycles.